The zero-order chi connectivity index (χ0) is 26.2. The highest BCUT2D eigenvalue weighted by atomic mass is 32.2. The summed E-state index contributed by atoms with van der Waals surface area (Å²) in [6.07, 6.45) is 2.90. The van der Waals surface area contributed by atoms with Gasteiger partial charge in [0.2, 0.25) is 21.8 Å². The molecule has 2 rings (SSSR count). The average molecular weight is 506 g/mol. The molecule has 0 aliphatic heterocycles. The van der Waals surface area contributed by atoms with Gasteiger partial charge >= 0.3 is 0 Å². The number of carbonyl (C=O) groups is 2. The number of amides is 2. The Kier molecular flexibility index (Phi) is 10.2. The van der Waals surface area contributed by atoms with E-state index in [2.05, 4.69) is 5.32 Å². The number of anilines is 1. The molecule has 0 unspecified atom stereocenters. The van der Waals surface area contributed by atoms with Crippen LogP contribution in [0.4, 0.5) is 10.1 Å². The van der Waals surface area contributed by atoms with Crippen LogP contribution in [0, 0.1) is 5.82 Å². The molecular weight excluding hydrogens is 469 g/mol. The summed E-state index contributed by atoms with van der Waals surface area (Å²) < 4.78 is 39.8. The Bertz CT molecular complexity index is 1090. The maximum Gasteiger partial charge on any atom is 0.244 e. The zero-order valence-corrected chi connectivity index (χ0v) is 21.9. The maximum absolute atomic E-state index is 13.6. The predicted molar refractivity (Wildman–Crippen MR) is 137 cm³/mol. The molecule has 1 N–H and O–H groups in total. The van der Waals surface area contributed by atoms with Crippen LogP contribution in [-0.2, 0) is 32.6 Å². The number of sulfonamides is 1. The van der Waals surface area contributed by atoms with Crippen LogP contribution in [0.25, 0.3) is 0 Å². The van der Waals surface area contributed by atoms with E-state index in [4.69, 9.17) is 0 Å². The van der Waals surface area contributed by atoms with Gasteiger partial charge in [0, 0.05) is 12.6 Å². The fourth-order valence-corrected chi connectivity index (χ4v) is 4.51. The van der Waals surface area contributed by atoms with Crippen LogP contribution in [0.3, 0.4) is 0 Å². The van der Waals surface area contributed by atoms with Crippen molar-refractivity contribution in [3.05, 3.63) is 65.5 Å². The van der Waals surface area contributed by atoms with Gasteiger partial charge in [0.15, 0.2) is 0 Å². The molecule has 0 fully saturated rings. The number of rotatable bonds is 12. The van der Waals surface area contributed by atoms with E-state index < -0.39 is 34.3 Å². The van der Waals surface area contributed by atoms with Crippen LogP contribution in [0.1, 0.15) is 51.7 Å². The first-order valence-electron chi connectivity index (χ1n) is 11.9. The molecule has 0 spiro atoms. The summed E-state index contributed by atoms with van der Waals surface area (Å²) in [5, 5.41) is 2.91. The Morgan fingerprint density at radius 3 is 2.00 bits per heavy atom. The summed E-state index contributed by atoms with van der Waals surface area (Å²) in [6.45, 7) is 7.19. The summed E-state index contributed by atoms with van der Waals surface area (Å²) in [5.74, 6) is -1.24. The summed E-state index contributed by atoms with van der Waals surface area (Å²) in [6, 6.07) is 11.8. The van der Waals surface area contributed by atoms with Crippen molar-refractivity contribution in [3.8, 4) is 0 Å². The van der Waals surface area contributed by atoms with Gasteiger partial charge in [0.05, 0.1) is 11.9 Å². The topological polar surface area (TPSA) is 86.8 Å². The van der Waals surface area contributed by atoms with Crippen molar-refractivity contribution >= 4 is 27.5 Å². The van der Waals surface area contributed by atoms with E-state index in [0.717, 1.165) is 29.0 Å². The summed E-state index contributed by atoms with van der Waals surface area (Å²) in [7, 11) is -3.78. The largest absolute Gasteiger partial charge is 0.352 e. The number of hydrogen-bond donors (Lipinski definition) is 1. The minimum absolute atomic E-state index is 0.0396. The Balaban J connectivity index is 2.42. The number of hydrogen-bond acceptors (Lipinski definition) is 4. The molecular formula is C26H36FN3O4S. The predicted octanol–water partition coefficient (Wildman–Crippen LogP) is 3.88. The summed E-state index contributed by atoms with van der Waals surface area (Å²) in [5.41, 5.74) is 2.05. The molecule has 0 aliphatic rings. The fourth-order valence-electron chi connectivity index (χ4n) is 3.66. The second-order valence-electron chi connectivity index (χ2n) is 8.68. The summed E-state index contributed by atoms with van der Waals surface area (Å²) >= 11 is 0. The highest BCUT2D eigenvalue weighted by Crippen LogP contribution is 2.21. The number of halogens is 1. The maximum atomic E-state index is 13.6. The average Bonchev–Trinajstić information content (AvgIpc) is 2.82. The van der Waals surface area contributed by atoms with Crippen LogP contribution < -0.4 is 9.62 Å². The van der Waals surface area contributed by atoms with Crippen molar-refractivity contribution in [1.29, 1.82) is 0 Å². The third-order valence-electron chi connectivity index (χ3n) is 5.96. The van der Waals surface area contributed by atoms with Crippen molar-refractivity contribution in [2.75, 3.05) is 17.1 Å². The van der Waals surface area contributed by atoms with Gasteiger partial charge in [-0.1, -0.05) is 45.0 Å². The van der Waals surface area contributed by atoms with E-state index in [9.17, 15) is 22.4 Å². The lowest BCUT2D eigenvalue weighted by Gasteiger charge is -2.33. The van der Waals surface area contributed by atoms with Crippen molar-refractivity contribution in [2.24, 2.45) is 0 Å². The molecule has 0 saturated carbocycles. The molecule has 2 aromatic rings. The first kappa shape index (κ1) is 28.3. The monoisotopic (exact) mass is 505 g/mol. The van der Waals surface area contributed by atoms with Gasteiger partial charge in [0.1, 0.15) is 18.4 Å². The number of aryl methyl sites for hydroxylation is 1. The highest BCUT2D eigenvalue weighted by Gasteiger charge is 2.32. The lowest BCUT2D eigenvalue weighted by molar-refractivity contribution is -0.140. The molecule has 0 radical (unpaired) electrons. The van der Waals surface area contributed by atoms with Gasteiger partial charge in [0.25, 0.3) is 0 Å². The number of carbonyl (C=O) groups excluding carboxylic acids is 2. The van der Waals surface area contributed by atoms with Crippen LogP contribution in [0.15, 0.2) is 48.5 Å². The number of benzene rings is 2. The quantitative estimate of drug-likeness (QED) is 0.474. The molecule has 2 aromatic carbocycles. The van der Waals surface area contributed by atoms with E-state index in [1.807, 2.05) is 32.9 Å². The Morgan fingerprint density at radius 2 is 1.51 bits per heavy atom. The van der Waals surface area contributed by atoms with Gasteiger partial charge in [-0.25, -0.2) is 12.8 Å². The van der Waals surface area contributed by atoms with E-state index in [1.54, 1.807) is 31.2 Å². The number of nitrogens with one attached hydrogen (secondary N) is 1. The minimum Gasteiger partial charge on any atom is -0.352 e. The summed E-state index contributed by atoms with van der Waals surface area (Å²) in [4.78, 5) is 28.0. The van der Waals surface area contributed by atoms with E-state index in [-0.39, 0.29) is 18.5 Å². The van der Waals surface area contributed by atoms with Crippen molar-refractivity contribution in [1.82, 2.24) is 10.2 Å². The molecule has 7 nitrogen and oxygen atoms in total. The fraction of sp³-hybridized carbons (Fsp3) is 0.462. The van der Waals surface area contributed by atoms with E-state index >= 15 is 0 Å². The van der Waals surface area contributed by atoms with Gasteiger partial charge in [-0.15, -0.1) is 0 Å². The van der Waals surface area contributed by atoms with Gasteiger partial charge < -0.3 is 10.2 Å². The van der Waals surface area contributed by atoms with Crippen LogP contribution >= 0.6 is 0 Å². The molecule has 2 atom stereocenters. The Hall–Kier alpha value is -2.94. The molecule has 0 aliphatic carbocycles. The molecule has 0 saturated heterocycles. The van der Waals surface area contributed by atoms with Crippen LogP contribution in [0.2, 0.25) is 0 Å². The second-order valence-corrected chi connectivity index (χ2v) is 10.6. The lowest BCUT2D eigenvalue weighted by atomic mass is 10.1. The van der Waals surface area contributed by atoms with Crippen LogP contribution in [0.5, 0.6) is 0 Å². The third kappa shape index (κ3) is 8.06. The Morgan fingerprint density at radius 1 is 0.943 bits per heavy atom. The SMILES string of the molecule is CCc1ccc(N(CC(=O)N(Cc2ccc(F)cc2)[C@H](CC)C(=O)N[C@@H](C)CC)S(C)(=O)=O)cc1. The van der Waals surface area contributed by atoms with Gasteiger partial charge in [-0.2, -0.15) is 0 Å². The first-order valence-corrected chi connectivity index (χ1v) is 13.8. The molecule has 2 amide bonds. The zero-order valence-electron chi connectivity index (χ0n) is 21.1. The normalized spacial score (nSPS) is 13.1. The molecule has 0 bridgehead atoms. The molecule has 192 valence electrons. The number of nitrogens with zero attached hydrogens (tertiary/aromatic N) is 2. The Labute approximate surface area is 208 Å². The molecule has 0 aromatic heterocycles. The van der Waals surface area contributed by atoms with Gasteiger partial charge in [-0.3, -0.25) is 13.9 Å². The highest BCUT2D eigenvalue weighted by molar-refractivity contribution is 7.92. The minimum atomic E-state index is -3.78. The van der Waals surface area contributed by atoms with Crippen LogP contribution in [-0.4, -0.2) is 50.0 Å². The van der Waals surface area contributed by atoms with Crippen molar-refractivity contribution in [2.45, 2.75) is 65.6 Å². The van der Waals surface area contributed by atoms with Gasteiger partial charge in [-0.05, 0) is 61.6 Å². The first-order chi connectivity index (χ1) is 16.5. The standard InChI is InChI=1S/C26H36FN3O4S/c1-6-19(4)28-26(32)24(8-3)29(17-21-9-13-22(27)14-10-21)25(31)18-30(35(5,33)34)23-15-11-20(7-2)12-16-23/h9-16,19,24H,6-8,17-18H2,1-5H3,(H,28,32)/t19-,24+/m0/s1. The van der Waals surface area contributed by atoms with Crippen molar-refractivity contribution < 1.29 is 22.4 Å². The lowest BCUT2D eigenvalue weighted by Crippen LogP contribution is -2.53. The smallest absolute Gasteiger partial charge is 0.244 e. The molecule has 9 heteroatoms. The molecule has 35 heavy (non-hydrogen) atoms. The van der Waals surface area contributed by atoms with E-state index in [0.29, 0.717) is 17.7 Å². The van der Waals surface area contributed by atoms with E-state index in [1.165, 1.54) is 17.0 Å². The van der Waals surface area contributed by atoms with Crippen molar-refractivity contribution in [3.63, 3.8) is 0 Å². The second kappa shape index (κ2) is 12.7. The third-order valence-corrected chi connectivity index (χ3v) is 7.11. The molecule has 0 heterocycles.